The first-order valence-electron chi connectivity index (χ1n) is 9.60. The number of amides is 1. The number of carbonyl (C=O) groups is 2. The second kappa shape index (κ2) is 7.86. The van der Waals surface area contributed by atoms with Gasteiger partial charge in [0.2, 0.25) is 5.91 Å². The molecule has 1 aliphatic carbocycles. The molecule has 1 aliphatic heterocycles. The monoisotopic (exact) mass is 369 g/mol. The number of aromatic nitrogens is 1. The fourth-order valence-electron chi connectivity index (χ4n) is 3.39. The molecule has 4 rings (SSSR count). The van der Waals surface area contributed by atoms with Crippen molar-refractivity contribution in [1.29, 1.82) is 0 Å². The normalized spacial score (nSPS) is 16.3. The van der Waals surface area contributed by atoms with Gasteiger partial charge >= 0.3 is 0 Å². The molecule has 0 saturated heterocycles. The van der Waals surface area contributed by atoms with Gasteiger partial charge in [-0.3, -0.25) is 9.59 Å². The molecule has 6 heteroatoms. The van der Waals surface area contributed by atoms with Gasteiger partial charge in [0.25, 0.3) is 0 Å². The van der Waals surface area contributed by atoms with Gasteiger partial charge in [0.05, 0.1) is 12.1 Å². The van der Waals surface area contributed by atoms with Crippen molar-refractivity contribution < 1.29 is 14.7 Å². The van der Waals surface area contributed by atoms with Crippen molar-refractivity contribution in [2.45, 2.75) is 52.1 Å². The Kier molecular flexibility index (Phi) is 5.54. The number of rotatable bonds is 4. The molecule has 2 aromatic rings. The maximum atomic E-state index is 12.6. The number of aromatic hydroxyl groups is 1. The molecule has 1 fully saturated rings. The van der Waals surface area contributed by atoms with Crippen molar-refractivity contribution in [2.75, 3.05) is 17.3 Å². The maximum Gasteiger partial charge on any atom is 0.234 e. The van der Waals surface area contributed by atoms with E-state index in [1.807, 2.05) is 36.6 Å². The molecule has 27 heavy (non-hydrogen) atoms. The number of fused-ring (bicyclic) bond motifs is 1. The zero-order chi connectivity index (χ0) is 19.6. The minimum Gasteiger partial charge on any atom is -0.508 e. The Morgan fingerprint density at radius 1 is 1.15 bits per heavy atom. The number of ketones is 1. The fourth-order valence-corrected chi connectivity index (χ4v) is 3.39. The molecular weight excluding hydrogens is 342 g/mol. The van der Waals surface area contributed by atoms with Crippen LogP contribution in [0.5, 0.6) is 5.75 Å². The summed E-state index contributed by atoms with van der Waals surface area (Å²) in [6.07, 6.45) is 3.37. The van der Waals surface area contributed by atoms with Crippen molar-refractivity contribution >= 4 is 23.2 Å². The molecule has 2 aliphatic rings. The summed E-state index contributed by atoms with van der Waals surface area (Å²) in [6, 6.07) is 9.30. The Labute approximate surface area is 159 Å². The molecule has 1 aromatic heterocycles. The predicted octanol–water partition coefficient (Wildman–Crippen LogP) is 3.78. The Morgan fingerprint density at radius 2 is 1.81 bits per heavy atom. The summed E-state index contributed by atoms with van der Waals surface area (Å²) in [6.45, 7) is 4.51. The minimum atomic E-state index is -0.172. The molecule has 1 amide bonds. The minimum absolute atomic E-state index is 0.0913. The van der Waals surface area contributed by atoms with E-state index in [2.05, 4.69) is 5.32 Å². The lowest BCUT2D eigenvalue weighted by molar-refractivity contribution is -0.117. The van der Waals surface area contributed by atoms with E-state index in [4.69, 9.17) is 0 Å². The molecule has 0 radical (unpaired) electrons. The molecule has 0 bridgehead atoms. The van der Waals surface area contributed by atoms with E-state index in [9.17, 15) is 14.7 Å². The lowest BCUT2D eigenvalue weighted by Crippen LogP contribution is -2.34. The van der Waals surface area contributed by atoms with Crippen LogP contribution in [-0.4, -0.2) is 34.5 Å². The van der Waals surface area contributed by atoms with E-state index in [0.29, 0.717) is 24.0 Å². The second-order valence-electron chi connectivity index (χ2n) is 6.84. The van der Waals surface area contributed by atoms with E-state index in [1.54, 1.807) is 24.1 Å². The van der Waals surface area contributed by atoms with E-state index < -0.39 is 0 Å². The van der Waals surface area contributed by atoms with Gasteiger partial charge in [-0.25, -0.2) is 0 Å². The topological polar surface area (TPSA) is 74.6 Å². The third kappa shape index (κ3) is 3.70. The number of Topliss-reactive ketones (excluding diaryl/α,β-unsaturated/α-hetero) is 1. The number of carbonyl (C=O) groups excluding carboxylic acids is 2. The van der Waals surface area contributed by atoms with Crippen molar-refractivity contribution in [1.82, 2.24) is 4.57 Å². The smallest absolute Gasteiger partial charge is 0.234 e. The highest BCUT2D eigenvalue weighted by atomic mass is 16.3. The molecule has 144 valence electrons. The fraction of sp³-hybridized carbons (Fsp3) is 0.429. The van der Waals surface area contributed by atoms with Gasteiger partial charge in [-0.2, -0.15) is 0 Å². The van der Waals surface area contributed by atoms with Crippen LogP contribution in [-0.2, 0) is 11.3 Å². The highest BCUT2D eigenvalue weighted by Crippen LogP contribution is 2.35. The number of hydrogen-bond acceptors (Lipinski definition) is 4. The van der Waals surface area contributed by atoms with Crippen LogP contribution in [0.1, 0.15) is 55.6 Å². The molecule has 2 heterocycles. The van der Waals surface area contributed by atoms with Crippen LogP contribution >= 0.6 is 0 Å². The summed E-state index contributed by atoms with van der Waals surface area (Å²) in [5.74, 6) is 0.776. The number of benzene rings is 1. The summed E-state index contributed by atoms with van der Waals surface area (Å²) >= 11 is 0. The molecule has 2 N–H and O–H groups in total. The van der Waals surface area contributed by atoms with Crippen molar-refractivity contribution in [2.24, 2.45) is 0 Å². The SMILES string of the molecule is CC.CN1C(=O)CC(=O)c2c1cc(NC1CCC1)n2Cc1ccc(O)cc1. The van der Waals surface area contributed by atoms with Crippen LogP contribution < -0.4 is 10.2 Å². The third-order valence-corrected chi connectivity index (χ3v) is 5.12. The van der Waals surface area contributed by atoms with E-state index in [0.717, 1.165) is 24.2 Å². The zero-order valence-corrected chi connectivity index (χ0v) is 16.2. The Balaban J connectivity index is 0.00000102. The number of phenols is 1. The van der Waals surface area contributed by atoms with Crippen LogP contribution in [0.15, 0.2) is 30.3 Å². The molecule has 0 spiro atoms. The number of anilines is 2. The highest BCUT2D eigenvalue weighted by molar-refractivity contribution is 6.19. The number of phenolic OH excluding ortho intramolecular Hbond substituents is 1. The Hall–Kier alpha value is -2.76. The van der Waals surface area contributed by atoms with Gasteiger partial charge in [0.15, 0.2) is 5.78 Å². The number of hydrogen-bond donors (Lipinski definition) is 2. The molecule has 1 aromatic carbocycles. The van der Waals surface area contributed by atoms with Gasteiger partial charge in [0.1, 0.15) is 17.3 Å². The lowest BCUT2D eigenvalue weighted by atomic mass is 9.93. The summed E-state index contributed by atoms with van der Waals surface area (Å²) in [5.41, 5.74) is 2.24. The zero-order valence-electron chi connectivity index (χ0n) is 16.2. The van der Waals surface area contributed by atoms with Crippen LogP contribution in [0.4, 0.5) is 11.5 Å². The van der Waals surface area contributed by atoms with Crippen LogP contribution in [0, 0.1) is 0 Å². The molecule has 1 saturated carbocycles. The van der Waals surface area contributed by atoms with E-state index in [-0.39, 0.29) is 23.9 Å². The highest BCUT2D eigenvalue weighted by Gasteiger charge is 2.33. The number of nitrogens with zero attached hydrogens (tertiary/aromatic N) is 2. The average molecular weight is 369 g/mol. The largest absolute Gasteiger partial charge is 0.508 e. The number of nitrogens with one attached hydrogen (secondary N) is 1. The quantitative estimate of drug-likeness (QED) is 0.804. The van der Waals surface area contributed by atoms with E-state index >= 15 is 0 Å². The van der Waals surface area contributed by atoms with E-state index in [1.165, 1.54) is 6.42 Å². The summed E-state index contributed by atoms with van der Waals surface area (Å²) in [5, 5.41) is 13.0. The first-order valence-corrected chi connectivity index (χ1v) is 9.60. The third-order valence-electron chi connectivity index (χ3n) is 5.12. The van der Waals surface area contributed by atoms with Crippen molar-refractivity contribution in [3.63, 3.8) is 0 Å². The summed E-state index contributed by atoms with van der Waals surface area (Å²) in [4.78, 5) is 26.1. The van der Waals surface area contributed by atoms with Crippen LogP contribution in [0.3, 0.4) is 0 Å². The Morgan fingerprint density at radius 3 is 2.41 bits per heavy atom. The Bertz CT molecular complexity index is 835. The summed E-state index contributed by atoms with van der Waals surface area (Å²) in [7, 11) is 1.71. The molecule has 0 unspecified atom stereocenters. The molecular formula is C21H27N3O3. The van der Waals surface area contributed by atoms with Crippen LogP contribution in [0.2, 0.25) is 0 Å². The van der Waals surface area contributed by atoms with Gasteiger partial charge in [0, 0.05) is 25.7 Å². The first kappa shape index (κ1) is 19.0. The van der Waals surface area contributed by atoms with Gasteiger partial charge in [-0.15, -0.1) is 0 Å². The average Bonchev–Trinajstić information content (AvgIpc) is 2.99. The predicted molar refractivity (Wildman–Crippen MR) is 107 cm³/mol. The molecule has 0 atom stereocenters. The standard InChI is InChI=1S/C19H21N3O3.C2H6/c1-21-15-9-17(20-13-3-2-4-13)22(19(15)16(24)10-18(21)25)11-12-5-7-14(23)8-6-12;1-2/h5-9,13,20,23H,2-4,10-11H2,1H3;1-2H3. The van der Waals surface area contributed by atoms with Gasteiger partial charge in [-0.1, -0.05) is 26.0 Å². The van der Waals surface area contributed by atoms with Crippen molar-refractivity contribution in [3.8, 4) is 5.75 Å². The van der Waals surface area contributed by atoms with Crippen molar-refractivity contribution in [3.05, 3.63) is 41.6 Å². The maximum absolute atomic E-state index is 12.6. The van der Waals surface area contributed by atoms with Crippen LogP contribution in [0.25, 0.3) is 0 Å². The first-order chi connectivity index (χ1) is 13.0. The van der Waals surface area contributed by atoms with Gasteiger partial charge < -0.3 is 19.9 Å². The second-order valence-corrected chi connectivity index (χ2v) is 6.84. The van der Waals surface area contributed by atoms with Gasteiger partial charge in [-0.05, 0) is 37.0 Å². The lowest BCUT2D eigenvalue weighted by Gasteiger charge is -2.28. The molecule has 6 nitrogen and oxygen atoms in total. The summed E-state index contributed by atoms with van der Waals surface area (Å²) < 4.78 is 1.96.